The molecule has 0 spiro atoms. The number of nitrogens with zero attached hydrogens (tertiary/aromatic N) is 2. The zero-order valence-electron chi connectivity index (χ0n) is 18.5. The lowest BCUT2D eigenvalue weighted by molar-refractivity contribution is -0.122. The first-order valence-electron chi connectivity index (χ1n) is 11.7. The third-order valence-electron chi connectivity index (χ3n) is 6.33. The van der Waals surface area contributed by atoms with Gasteiger partial charge in [-0.05, 0) is 56.8 Å². The largest absolute Gasteiger partial charge is 0.468 e. The lowest BCUT2D eigenvalue weighted by Crippen LogP contribution is -2.46. The highest BCUT2D eigenvalue weighted by atomic mass is 16.3. The van der Waals surface area contributed by atoms with Gasteiger partial charge in [0, 0.05) is 33.1 Å². The highest BCUT2D eigenvalue weighted by Gasteiger charge is 2.24. The molecule has 2 heterocycles. The Morgan fingerprint density at radius 1 is 1.10 bits per heavy atom. The van der Waals surface area contributed by atoms with Gasteiger partial charge in [0.2, 0.25) is 5.91 Å². The lowest BCUT2D eigenvalue weighted by atomic mass is 9.87. The number of carbonyl (C=O) groups excluding carboxylic acids is 1. The zero-order chi connectivity index (χ0) is 21.0. The Balaban J connectivity index is 1.37. The van der Waals surface area contributed by atoms with E-state index in [1.54, 1.807) is 13.3 Å². The fourth-order valence-electron chi connectivity index (χ4n) is 4.64. The van der Waals surface area contributed by atoms with E-state index < -0.39 is 0 Å². The maximum Gasteiger partial charge on any atom is 0.220 e. The third-order valence-corrected chi connectivity index (χ3v) is 6.33. The highest BCUT2D eigenvalue weighted by molar-refractivity contribution is 5.80. The molecule has 1 aliphatic heterocycles. The summed E-state index contributed by atoms with van der Waals surface area (Å²) in [4.78, 5) is 19.0. The zero-order valence-corrected chi connectivity index (χ0v) is 18.5. The molecule has 1 aromatic rings. The predicted octanol–water partition coefficient (Wildman–Crippen LogP) is 3.06. The molecule has 1 aromatic heterocycles. The molecule has 2 aliphatic rings. The van der Waals surface area contributed by atoms with Crippen molar-refractivity contribution < 1.29 is 9.21 Å². The topological polar surface area (TPSA) is 81.9 Å². The van der Waals surface area contributed by atoms with Gasteiger partial charge in [0.1, 0.15) is 5.76 Å². The third kappa shape index (κ3) is 7.35. The minimum atomic E-state index is 0.176. The minimum Gasteiger partial charge on any atom is -0.468 e. The van der Waals surface area contributed by atoms with Gasteiger partial charge in [-0.1, -0.05) is 25.7 Å². The molecule has 0 aromatic carbocycles. The molecule has 168 valence electrons. The SMILES string of the molecule is CN=C(NCCNC(=O)CC1CCCCC1)NCC(c1ccco1)N1CCCCC1. The van der Waals surface area contributed by atoms with Crippen LogP contribution in [-0.2, 0) is 4.79 Å². The molecule has 2 fully saturated rings. The quantitative estimate of drug-likeness (QED) is 0.327. The molecule has 1 saturated carbocycles. The Kier molecular flexibility index (Phi) is 9.54. The van der Waals surface area contributed by atoms with Crippen LogP contribution in [0.4, 0.5) is 0 Å². The summed E-state index contributed by atoms with van der Waals surface area (Å²) in [6, 6.07) is 4.21. The van der Waals surface area contributed by atoms with Crippen LogP contribution in [0.2, 0.25) is 0 Å². The first-order chi connectivity index (χ1) is 14.8. The summed E-state index contributed by atoms with van der Waals surface area (Å²) in [6.07, 6.45) is 12.5. The van der Waals surface area contributed by atoms with E-state index in [-0.39, 0.29) is 11.9 Å². The number of hydrogen-bond acceptors (Lipinski definition) is 4. The Bertz CT molecular complexity index is 634. The number of piperidine rings is 1. The molecule has 7 nitrogen and oxygen atoms in total. The number of furan rings is 1. The van der Waals surface area contributed by atoms with Crippen molar-refractivity contribution in [3.05, 3.63) is 24.2 Å². The number of carbonyl (C=O) groups is 1. The second-order valence-corrected chi connectivity index (χ2v) is 8.57. The van der Waals surface area contributed by atoms with Crippen LogP contribution in [0.1, 0.15) is 69.6 Å². The van der Waals surface area contributed by atoms with Gasteiger partial charge in [0.05, 0.1) is 12.3 Å². The van der Waals surface area contributed by atoms with Gasteiger partial charge < -0.3 is 20.4 Å². The molecular weight excluding hydrogens is 378 g/mol. The van der Waals surface area contributed by atoms with E-state index in [0.717, 1.165) is 31.4 Å². The van der Waals surface area contributed by atoms with Crippen molar-refractivity contribution in [2.45, 2.75) is 63.8 Å². The maximum atomic E-state index is 12.1. The van der Waals surface area contributed by atoms with Gasteiger partial charge in [0.25, 0.3) is 0 Å². The molecule has 1 atom stereocenters. The molecule has 0 radical (unpaired) electrons. The van der Waals surface area contributed by atoms with Crippen molar-refractivity contribution in [2.24, 2.45) is 10.9 Å². The summed E-state index contributed by atoms with van der Waals surface area (Å²) in [5, 5.41) is 9.78. The van der Waals surface area contributed by atoms with Gasteiger partial charge in [-0.25, -0.2) is 0 Å². The fraction of sp³-hybridized carbons (Fsp3) is 0.739. The summed E-state index contributed by atoms with van der Waals surface area (Å²) >= 11 is 0. The molecule has 1 saturated heterocycles. The standard InChI is InChI=1S/C23H39N5O2/c1-24-23(26-13-12-25-22(29)17-19-9-4-2-5-10-19)27-18-20(21-11-8-16-30-21)28-14-6-3-7-15-28/h8,11,16,19-20H,2-7,9-10,12-15,17-18H2,1H3,(H,25,29)(H2,24,26,27). The number of amides is 1. The van der Waals surface area contributed by atoms with Crippen LogP contribution in [0.3, 0.4) is 0 Å². The van der Waals surface area contributed by atoms with Crippen molar-refractivity contribution >= 4 is 11.9 Å². The fourth-order valence-corrected chi connectivity index (χ4v) is 4.64. The predicted molar refractivity (Wildman–Crippen MR) is 120 cm³/mol. The average molecular weight is 418 g/mol. The van der Waals surface area contributed by atoms with E-state index in [9.17, 15) is 4.79 Å². The van der Waals surface area contributed by atoms with Gasteiger partial charge in [-0.2, -0.15) is 0 Å². The van der Waals surface area contributed by atoms with Gasteiger partial charge in [0.15, 0.2) is 5.96 Å². The van der Waals surface area contributed by atoms with Crippen LogP contribution < -0.4 is 16.0 Å². The molecule has 0 bridgehead atoms. The van der Waals surface area contributed by atoms with Crippen molar-refractivity contribution in [2.75, 3.05) is 39.8 Å². The second kappa shape index (κ2) is 12.6. The van der Waals surface area contributed by atoms with E-state index in [0.29, 0.717) is 25.4 Å². The normalized spacial score (nSPS) is 20.0. The first kappa shape index (κ1) is 22.7. The van der Waals surface area contributed by atoms with Crippen LogP contribution >= 0.6 is 0 Å². The first-order valence-corrected chi connectivity index (χ1v) is 11.7. The Morgan fingerprint density at radius 3 is 2.53 bits per heavy atom. The summed E-state index contributed by atoms with van der Waals surface area (Å²) < 4.78 is 5.71. The molecule has 1 amide bonds. The minimum absolute atomic E-state index is 0.176. The van der Waals surface area contributed by atoms with E-state index in [4.69, 9.17) is 4.42 Å². The van der Waals surface area contributed by atoms with Crippen LogP contribution in [0.5, 0.6) is 0 Å². The van der Waals surface area contributed by atoms with E-state index >= 15 is 0 Å². The highest BCUT2D eigenvalue weighted by Crippen LogP contribution is 2.26. The number of hydrogen-bond donors (Lipinski definition) is 3. The van der Waals surface area contributed by atoms with Gasteiger partial charge in [-0.15, -0.1) is 0 Å². The van der Waals surface area contributed by atoms with Crippen LogP contribution in [0, 0.1) is 5.92 Å². The van der Waals surface area contributed by atoms with Crippen LogP contribution in [-0.4, -0.2) is 56.5 Å². The number of likely N-dealkylation sites (tertiary alicyclic amines) is 1. The number of nitrogens with one attached hydrogen (secondary N) is 3. The molecule has 1 aliphatic carbocycles. The maximum absolute atomic E-state index is 12.1. The molecule has 1 unspecified atom stereocenters. The Hall–Kier alpha value is -2.02. The summed E-state index contributed by atoms with van der Waals surface area (Å²) in [5.74, 6) is 2.50. The number of aliphatic imine (C=N–C) groups is 1. The lowest BCUT2D eigenvalue weighted by Gasteiger charge is -2.33. The number of rotatable bonds is 9. The average Bonchev–Trinajstić information content (AvgIpc) is 3.31. The molecular formula is C23H39N5O2. The summed E-state index contributed by atoms with van der Waals surface area (Å²) in [5.41, 5.74) is 0. The van der Waals surface area contributed by atoms with Crippen LogP contribution in [0.25, 0.3) is 0 Å². The second-order valence-electron chi connectivity index (χ2n) is 8.57. The van der Waals surface area contributed by atoms with E-state index in [1.807, 2.05) is 6.07 Å². The van der Waals surface area contributed by atoms with Crippen molar-refractivity contribution in [1.29, 1.82) is 0 Å². The van der Waals surface area contributed by atoms with E-state index in [2.05, 4.69) is 31.9 Å². The Labute approximate surface area is 181 Å². The molecule has 3 N–H and O–H groups in total. The van der Waals surface area contributed by atoms with E-state index in [1.165, 1.54) is 51.4 Å². The van der Waals surface area contributed by atoms with Gasteiger partial charge in [-0.3, -0.25) is 14.7 Å². The van der Waals surface area contributed by atoms with Crippen LogP contribution in [0.15, 0.2) is 27.8 Å². The van der Waals surface area contributed by atoms with Crippen molar-refractivity contribution in [3.63, 3.8) is 0 Å². The number of guanidine groups is 1. The molecule has 3 rings (SSSR count). The monoisotopic (exact) mass is 417 g/mol. The Morgan fingerprint density at radius 2 is 1.83 bits per heavy atom. The molecule has 7 heteroatoms. The summed E-state index contributed by atoms with van der Waals surface area (Å²) in [6.45, 7) is 4.21. The van der Waals surface area contributed by atoms with Crippen molar-refractivity contribution in [1.82, 2.24) is 20.9 Å². The van der Waals surface area contributed by atoms with Gasteiger partial charge >= 0.3 is 0 Å². The smallest absolute Gasteiger partial charge is 0.220 e. The summed E-state index contributed by atoms with van der Waals surface area (Å²) in [7, 11) is 1.78. The molecule has 30 heavy (non-hydrogen) atoms. The van der Waals surface area contributed by atoms with Crippen molar-refractivity contribution in [3.8, 4) is 0 Å².